The summed E-state index contributed by atoms with van der Waals surface area (Å²) in [6, 6.07) is 12.0. The van der Waals surface area contributed by atoms with Crippen molar-refractivity contribution in [2.75, 3.05) is 13.1 Å². The van der Waals surface area contributed by atoms with E-state index in [0.29, 0.717) is 35.7 Å². The van der Waals surface area contributed by atoms with Gasteiger partial charge in [-0.1, -0.05) is 38.1 Å². The number of pyridine rings is 2. The molecule has 3 atom stereocenters. The summed E-state index contributed by atoms with van der Waals surface area (Å²) in [7, 11) is -3.88. The molecule has 0 bridgehead atoms. The summed E-state index contributed by atoms with van der Waals surface area (Å²) >= 11 is 0. The Morgan fingerprint density at radius 1 is 1.08 bits per heavy atom. The summed E-state index contributed by atoms with van der Waals surface area (Å²) in [5.41, 5.74) is 1.10. The molecule has 0 radical (unpaired) electrons. The first kappa shape index (κ1) is 27.6. The monoisotopic (exact) mass is 539 g/mol. The normalized spacial score (nSPS) is 19.6. The van der Waals surface area contributed by atoms with Crippen molar-refractivity contribution in [1.82, 2.24) is 24.9 Å². The van der Waals surface area contributed by atoms with Gasteiger partial charge in [0.15, 0.2) is 5.03 Å². The van der Waals surface area contributed by atoms with Gasteiger partial charge in [0.25, 0.3) is 15.9 Å². The van der Waals surface area contributed by atoms with E-state index >= 15 is 0 Å². The van der Waals surface area contributed by atoms with Gasteiger partial charge in [0.1, 0.15) is 6.04 Å². The fourth-order valence-corrected chi connectivity index (χ4v) is 6.07. The molecule has 202 valence electrons. The van der Waals surface area contributed by atoms with E-state index in [9.17, 15) is 23.1 Å². The molecule has 2 unspecified atom stereocenters. The molecule has 2 amide bonds. The number of para-hydroxylation sites is 1. The Labute approximate surface area is 222 Å². The van der Waals surface area contributed by atoms with Crippen LogP contribution >= 0.6 is 0 Å². The molecule has 1 fully saturated rings. The van der Waals surface area contributed by atoms with Crippen molar-refractivity contribution in [1.29, 1.82) is 0 Å². The smallest absolute Gasteiger partial charge is 0.260 e. The Hall–Kier alpha value is -3.41. The van der Waals surface area contributed by atoms with E-state index < -0.39 is 40.0 Å². The molecule has 4 rings (SSSR count). The van der Waals surface area contributed by atoms with Gasteiger partial charge in [-0.3, -0.25) is 14.6 Å². The average Bonchev–Trinajstić information content (AvgIpc) is 3.09. The average molecular weight is 540 g/mol. The van der Waals surface area contributed by atoms with Gasteiger partial charge >= 0.3 is 0 Å². The van der Waals surface area contributed by atoms with E-state index in [1.165, 1.54) is 16.6 Å². The summed E-state index contributed by atoms with van der Waals surface area (Å²) in [5.74, 6) is -0.702. The number of sulfonamides is 1. The van der Waals surface area contributed by atoms with Gasteiger partial charge in [-0.2, -0.15) is 4.31 Å². The van der Waals surface area contributed by atoms with E-state index in [2.05, 4.69) is 20.6 Å². The van der Waals surface area contributed by atoms with Crippen molar-refractivity contribution in [3.8, 4) is 0 Å². The number of benzene rings is 1. The van der Waals surface area contributed by atoms with Crippen LogP contribution in [0.2, 0.25) is 0 Å². The molecule has 10 nitrogen and oxygen atoms in total. The number of nitrogens with zero attached hydrogens (tertiary/aromatic N) is 3. The van der Waals surface area contributed by atoms with E-state index in [0.717, 1.165) is 0 Å². The van der Waals surface area contributed by atoms with E-state index in [1.807, 2.05) is 32.0 Å². The van der Waals surface area contributed by atoms with Crippen LogP contribution in [0.1, 0.15) is 43.5 Å². The first-order valence-corrected chi connectivity index (χ1v) is 14.1. The third-order valence-electron chi connectivity index (χ3n) is 6.57. The van der Waals surface area contributed by atoms with Crippen molar-refractivity contribution in [3.05, 3.63) is 66.5 Å². The number of aliphatic hydroxyl groups excluding tert-OH is 1. The zero-order valence-electron chi connectivity index (χ0n) is 21.4. The maximum atomic E-state index is 13.3. The molecule has 0 spiro atoms. The lowest BCUT2D eigenvalue weighted by Gasteiger charge is -2.27. The molecule has 3 aromatic rings. The second-order valence-electron chi connectivity index (χ2n) is 9.89. The summed E-state index contributed by atoms with van der Waals surface area (Å²) < 4.78 is 27.2. The highest BCUT2D eigenvalue weighted by atomic mass is 32.2. The second kappa shape index (κ2) is 12.0. The number of hydrogen-bond acceptors (Lipinski definition) is 7. The highest BCUT2D eigenvalue weighted by Crippen LogP contribution is 2.20. The Morgan fingerprint density at radius 2 is 1.84 bits per heavy atom. The summed E-state index contributed by atoms with van der Waals surface area (Å²) in [5, 5.41) is 17.2. The molecule has 1 saturated heterocycles. The van der Waals surface area contributed by atoms with E-state index in [1.54, 1.807) is 30.5 Å². The molecular formula is C27H33N5O5S. The maximum Gasteiger partial charge on any atom is 0.260 e. The lowest BCUT2D eigenvalue weighted by molar-refractivity contribution is -0.125. The molecule has 1 aromatic carbocycles. The number of hydrogen-bond donors (Lipinski definition) is 3. The lowest BCUT2D eigenvalue weighted by Crippen LogP contribution is -2.54. The zero-order chi connectivity index (χ0) is 27.3. The minimum absolute atomic E-state index is 0.0852. The largest absolute Gasteiger partial charge is 0.390 e. The lowest BCUT2D eigenvalue weighted by atomic mass is 10.0. The molecule has 0 aliphatic carbocycles. The quantitative estimate of drug-likeness (QED) is 0.398. The maximum absolute atomic E-state index is 13.3. The van der Waals surface area contributed by atoms with Crippen LogP contribution in [0.15, 0.2) is 66.0 Å². The van der Waals surface area contributed by atoms with Gasteiger partial charge < -0.3 is 15.7 Å². The number of rotatable bonds is 8. The molecule has 3 N–H and O–H groups in total. The molecule has 38 heavy (non-hydrogen) atoms. The third kappa shape index (κ3) is 6.35. The first-order chi connectivity index (χ1) is 18.2. The number of carbonyl (C=O) groups excluding carboxylic acids is 2. The third-order valence-corrected chi connectivity index (χ3v) is 8.35. The second-order valence-corrected chi connectivity index (χ2v) is 11.8. The minimum atomic E-state index is -3.88. The van der Waals surface area contributed by atoms with Crippen LogP contribution in [-0.2, 0) is 14.8 Å². The van der Waals surface area contributed by atoms with Crippen LogP contribution in [0.4, 0.5) is 0 Å². The first-order valence-electron chi connectivity index (χ1n) is 12.7. The van der Waals surface area contributed by atoms with Gasteiger partial charge in [0.2, 0.25) is 5.91 Å². The van der Waals surface area contributed by atoms with Crippen LogP contribution in [0.3, 0.4) is 0 Å². The highest BCUT2D eigenvalue weighted by molar-refractivity contribution is 7.89. The van der Waals surface area contributed by atoms with Gasteiger partial charge in [0, 0.05) is 30.9 Å². The predicted molar refractivity (Wildman–Crippen MR) is 143 cm³/mol. The fraction of sp³-hybridized carbons (Fsp3) is 0.407. The van der Waals surface area contributed by atoms with Crippen molar-refractivity contribution in [3.63, 3.8) is 0 Å². The Morgan fingerprint density at radius 3 is 2.58 bits per heavy atom. The molecule has 3 heterocycles. The SMILES string of the molecule is CC(C)C[C@H](NC(=O)c1ccnc2ccccc12)C(=O)NC1CCCN(S(=O)(=O)c2ccccn2)CC1O. The van der Waals surface area contributed by atoms with Gasteiger partial charge in [-0.15, -0.1) is 0 Å². The molecular weight excluding hydrogens is 506 g/mol. The molecule has 11 heteroatoms. The van der Waals surface area contributed by atoms with Crippen LogP contribution in [0.25, 0.3) is 10.9 Å². The highest BCUT2D eigenvalue weighted by Gasteiger charge is 2.35. The van der Waals surface area contributed by atoms with Crippen LogP contribution in [-0.4, -0.2) is 70.9 Å². The molecule has 2 aromatic heterocycles. The Balaban J connectivity index is 1.46. The number of nitrogens with one attached hydrogen (secondary N) is 2. The van der Waals surface area contributed by atoms with Crippen molar-refractivity contribution >= 4 is 32.7 Å². The predicted octanol–water partition coefficient (Wildman–Crippen LogP) is 2.10. The standard InChI is InChI=1S/C27H33N5O5S/c1-18(2)16-23(31-26(34)20-12-14-28-21-9-4-3-8-19(20)21)27(35)30-22-10-7-15-32(17-24(22)33)38(36,37)25-11-5-6-13-29-25/h3-6,8-9,11-14,18,22-24,33H,7,10,15-17H2,1-2H3,(H,30,35)(H,31,34)/t22?,23-,24?/m0/s1. The minimum Gasteiger partial charge on any atom is -0.390 e. The van der Waals surface area contributed by atoms with E-state index in [4.69, 9.17) is 0 Å². The van der Waals surface area contributed by atoms with Crippen LogP contribution in [0.5, 0.6) is 0 Å². The van der Waals surface area contributed by atoms with Crippen molar-refractivity contribution in [2.24, 2.45) is 5.92 Å². The van der Waals surface area contributed by atoms with Crippen LogP contribution in [0, 0.1) is 5.92 Å². The zero-order valence-corrected chi connectivity index (χ0v) is 22.3. The molecule has 0 saturated carbocycles. The summed E-state index contributed by atoms with van der Waals surface area (Å²) in [6.07, 6.45) is 3.06. The Bertz CT molecular complexity index is 1380. The van der Waals surface area contributed by atoms with E-state index in [-0.39, 0.29) is 24.0 Å². The molecule has 1 aliphatic rings. The number of β-amino-alcohol motifs (C(OH)–C–C–N with tert-alkyl or cyclic N) is 1. The van der Waals surface area contributed by atoms with Crippen molar-refractivity contribution in [2.45, 2.75) is 56.3 Å². The van der Waals surface area contributed by atoms with Crippen LogP contribution < -0.4 is 10.6 Å². The van der Waals surface area contributed by atoms with Gasteiger partial charge in [0.05, 0.1) is 23.2 Å². The van der Waals surface area contributed by atoms with Gasteiger partial charge in [-0.05, 0) is 49.4 Å². The number of aliphatic hydroxyl groups is 1. The fourth-order valence-electron chi connectivity index (χ4n) is 4.64. The van der Waals surface area contributed by atoms with Crippen molar-refractivity contribution < 1.29 is 23.1 Å². The number of carbonyl (C=O) groups is 2. The summed E-state index contributed by atoms with van der Waals surface area (Å²) in [4.78, 5) is 34.8. The Kier molecular flexibility index (Phi) is 8.70. The number of fused-ring (bicyclic) bond motifs is 1. The summed E-state index contributed by atoms with van der Waals surface area (Å²) in [6.45, 7) is 3.93. The van der Waals surface area contributed by atoms with Gasteiger partial charge in [-0.25, -0.2) is 13.4 Å². The topological polar surface area (TPSA) is 142 Å². The molecule has 1 aliphatic heterocycles. The number of amides is 2. The number of aromatic nitrogens is 2.